The molecule has 1 N–H and O–H groups in total. The van der Waals surface area contributed by atoms with Crippen molar-refractivity contribution in [1.82, 2.24) is 9.55 Å². The van der Waals surface area contributed by atoms with Gasteiger partial charge in [0.05, 0.1) is 5.69 Å². The molecule has 0 aliphatic heterocycles. The second-order valence-corrected chi connectivity index (χ2v) is 5.01. The Hall–Kier alpha value is -2.75. The molecule has 0 aliphatic carbocycles. The van der Waals surface area contributed by atoms with E-state index in [-0.39, 0.29) is 5.82 Å². The van der Waals surface area contributed by atoms with Crippen molar-refractivity contribution in [2.24, 2.45) is 0 Å². The first-order valence-corrected chi connectivity index (χ1v) is 7.14. The van der Waals surface area contributed by atoms with Crippen LogP contribution < -0.4 is 0 Å². The highest BCUT2D eigenvalue weighted by atomic mass is 19.1. The van der Waals surface area contributed by atoms with Crippen LogP contribution in [-0.4, -0.2) is 15.8 Å². The van der Waals surface area contributed by atoms with E-state index >= 15 is 0 Å². The molecule has 1 aromatic carbocycles. The Kier molecular flexibility index (Phi) is 4.10. The maximum Gasteiger partial charge on any atom is 0.123 e. The van der Waals surface area contributed by atoms with E-state index < -0.39 is 0 Å². The SMILES string of the molecule is N=CCCn1ccc(-c2ccc(F)cc2)c1-c1ccncc1. The summed E-state index contributed by atoms with van der Waals surface area (Å²) >= 11 is 0. The van der Waals surface area contributed by atoms with Crippen molar-refractivity contribution >= 4 is 6.21 Å². The van der Waals surface area contributed by atoms with E-state index in [2.05, 4.69) is 9.55 Å². The average Bonchev–Trinajstić information content (AvgIpc) is 2.98. The summed E-state index contributed by atoms with van der Waals surface area (Å²) in [6.45, 7) is 0.738. The number of rotatable bonds is 5. The molecule has 0 amide bonds. The van der Waals surface area contributed by atoms with Crippen LogP contribution in [0.4, 0.5) is 4.39 Å². The lowest BCUT2D eigenvalue weighted by molar-refractivity contribution is 0.628. The molecule has 4 heteroatoms. The lowest BCUT2D eigenvalue weighted by atomic mass is 10.0. The molecule has 3 aromatic rings. The normalized spacial score (nSPS) is 10.6. The molecule has 22 heavy (non-hydrogen) atoms. The zero-order valence-corrected chi connectivity index (χ0v) is 12.0. The Bertz CT molecular complexity index is 761. The summed E-state index contributed by atoms with van der Waals surface area (Å²) in [4.78, 5) is 4.07. The van der Waals surface area contributed by atoms with Gasteiger partial charge in [0.1, 0.15) is 5.82 Å². The predicted octanol–water partition coefficient (Wildman–Crippen LogP) is 4.40. The molecular weight excluding hydrogens is 277 g/mol. The molecule has 2 heterocycles. The minimum Gasteiger partial charge on any atom is -0.347 e. The minimum atomic E-state index is -0.238. The van der Waals surface area contributed by atoms with Crippen molar-refractivity contribution in [1.29, 1.82) is 5.41 Å². The quantitative estimate of drug-likeness (QED) is 0.696. The van der Waals surface area contributed by atoms with E-state index in [4.69, 9.17) is 5.41 Å². The summed E-state index contributed by atoms with van der Waals surface area (Å²) in [6.07, 6.45) is 7.62. The van der Waals surface area contributed by atoms with E-state index in [0.29, 0.717) is 6.42 Å². The third kappa shape index (κ3) is 2.81. The van der Waals surface area contributed by atoms with Crippen LogP contribution in [0.25, 0.3) is 22.4 Å². The molecule has 0 radical (unpaired) electrons. The van der Waals surface area contributed by atoms with E-state index in [1.807, 2.05) is 24.4 Å². The van der Waals surface area contributed by atoms with Gasteiger partial charge in [-0.25, -0.2) is 4.39 Å². The monoisotopic (exact) mass is 293 g/mol. The van der Waals surface area contributed by atoms with Crippen molar-refractivity contribution in [2.75, 3.05) is 0 Å². The molecule has 0 spiro atoms. The predicted molar refractivity (Wildman–Crippen MR) is 86.5 cm³/mol. The van der Waals surface area contributed by atoms with E-state index in [9.17, 15) is 4.39 Å². The van der Waals surface area contributed by atoms with Gasteiger partial charge in [-0.15, -0.1) is 0 Å². The third-order valence-corrected chi connectivity index (χ3v) is 3.59. The Labute approximate surface area is 128 Å². The molecule has 0 saturated carbocycles. The van der Waals surface area contributed by atoms with Crippen LogP contribution in [0.15, 0.2) is 61.1 Å². The number of benzene rings is 1. The van der Waals surface area contributed by atoms with E-state index in [1.165, 1.54) is 18.3 Å². The molecule has 0 unspecified atom stereocenters. The van der Waals surface area contributed by atoms with Crippen molar-refractivity contribution in [3.63, 3.8) is 0 Å². The van der Waals surface area contributed by atoms with Crippen LogP contribution in [0.2, 0.25) is 0 Å². The fourth-order valence-electron chi connectivity index (χ4n) is 2.56. The van der Waals surface area contributed by atoms with Crippen LogP contribution >= 0.6 is 0 Å². The van der Waals surface area contributed by atoms with Gasteiger partial charge < -0.3 is 9.98 Å². The summed E-state index contributed by atoms with van der Waals surface area (Å²) < 4.78 is 15.3. The topological polar surface area (TPSA) is 41.7 Å². The number of hydrogen-bond donors (Lipinski definition) is 1. The van der Waals surface area contributed by atoms with E-state index in [1.54, 1.807) is 24.5 Å². The van der Waals surface area contributed by atoms with Gasteiger partial charge in [0.2, 0.25) is 0 Å². The number of halogens is 1. The molecule has 0 saturated heterocycles. The molecule has 3 nitrogen and oxygen atoms in total. The second-order valence-electron chi connectivity index (χ2n) is 5.01. The molecular formula is C18H16FN3. The summed E-state index contributed by atoms with van der Waals surface area (Å²) in [7, 11) is 0. The highest BCUT2D eigenvalue weighted by molar-refractivity contribution is 5.81. The maximum atomic E-state index is 13.2. The highest BCUT2D eigenvalue weighted by Gasteiger charge is 2.13. The van der Waals surface area contributed by atoms with Crippen molar-refractivity contribution in [3.05, 3.63) is 66.9 Å². The Morgan fingerprint density at radius 3 is 2.41 bits per heavy atom. The van der Waals surface area contributed by atoms with Gasteiger partial charge in [0.25, 0.3) is 0 Å². The standard InChI is InChI=1S/C18H16FN3/c19-16-4-2-14(3-5-16)17-8-13-22(12-1-9-20)18(17)15-6-10-21-11-7-15/h2-11,13,20H,1,12H2. The average molecular weight is 293 g/mol. The largest absolute Gasteiger partial charge is 0.347 e. The van der Waals surface area contributed by atoms with Gasteiger partial charge in [-0.2, -0.15) is 0 Å². The fraction of sp³-hybridized carbons (Fsp3) is 0.111. The zero-order chi connectivity index (χ0) is 15.4. The summed E-state index contributed by atoms with van der Waals surface area (Å²) in [5.74, 6) is -0.238. The Morgan fingerprint density at radius 1 is 1.00 bits per heavy atom. The number of aryl methyl sites for hydroxylation is 1. The smallest absolute Gasteiger partial charge is 0.123 e. The molecule has 110 valence electrons. The Morgan fingerprint density at radius 2 is 1.73 bits per heavy atom. The van der Waals surface area contributed by atoms with Crippen LogP contribution in [0.1, 0.15) is 6.42 Å². The molecule has 0 aliphatic rings. The third-order valence-electron chi connectivity index (χ3n) is 3.59. The van der Waals surface area contributed by atoms with Crippen molar-refractivity contribution < 1.29 is 4.39 Å². The van der Waals surface area contributed by atoms with E-state index in [0.717, 1.165) is 28.9 Å². The molecule has 2 aromatic heterocycles. The first-order chi connectivity index (χ1) is 10.8. The van der Waals surface area contributed by atoms with Gasteiger partial charge in [0, 0.05) is 36.3 Å². The first-order valence-electron chi connectivity index (χ1n) is 7.14. The fourth-order valence-corrected chi connectivity index (χ4v) is 2.56. The van der Waals surface area contributed by atoms with Crippen LogP contribution in [0.5, 0.6) is 0 Å². The molecule has 0 atom stereocenters. The number of aromatic nitrogens is 2. The zero-order valence-electron chi connectivity index (χ0n) is 12.0. The highest BCUT2D eigenvalue weighted by Crippen LogP contribution is 2.33. The van der Waals surface area contributed by atoms with Crippen molar-refractivity contribution in [2.45, 2.75) is 13.0 Å². The molecule has 3 rings (SSSR count). The molecule has 0 fully saturated rings. The summed E-state index contributed by atoms with van der Waals surface area (Å²) in [5, 5.41) is 7.23. The van der Waals surface area contributed by atoms with Crippen LogP contribution in [0, 0.1) is 11.2 Å². The number of nitrogens with one attached hydrogen (secondary N) is 1. The second kappa shape index (κ2) is 6.35. The van der Waals surface area contributed by atoms with Gasteiger partial charge >= 0.3 is 0 Å². The Balaban J connectivity index is 2.12. The summed E-state index contributed by atoms with van der Waals surface area (Å²) in [5.41, 5.74) is 4.15. The number of hydrogen-bond acceptors (Lipinski definition) is 2. The lowest BCUT2D eigenvalue weighted by Crippen LogP contribution is -2.00. The van der Waals surface area contributed by atoms with Gasteiger partial charge in [-0.3, -0.25) is 4.98 Å². The minimum absolute atomic E-state index is 0.238. The van der Waals surface area contributed by atoms with Crippen molar-refractivity contribution in [3.8, 4) is 22.4 Å². The van der Waals surface area contributed by atoms with Crippen LogP contribution in [-0.2, 0) is 6.54 Å². The van der Waals surface area contributed by atoms with Gasteiger partial charge in [-0.1, -0.05) is 12.1 Å². The number of pyridine rings is 1. The lowest BCUT2D eigenvalue weighted by Gasteiger charge is -2.11. The van der Waals surface area contributed by atoms with Crippen LogP contribution in [0.3, 0.4) is 0 Å². The van der Waals surface area contributed by atoms with Gasteiger partial charge in [-0.05, 0) is 48.5 Å². The summed E-state index contributed by atoms with van der Waals surface area (Å²) in [6, 6.07) is 12.5. The maximum absolute atomic E-state index is 13.2. The molecule has 0 bridgehead atoms. The number of nitrogens with zero attached hydrogens (tertiary/aromatic N) is 2. The van der Waals surface area contributed by atoms with Gasteiger partial charge in [0.15, 0.2) is 0 Å². The first kappa shape index (κ1) is 14.2.